The van der Waals surface area contributed by atoms with Crippen molar-refractivity contribution in [1.82, 2.24) is 14.8 Å². The number of hydrogen-bond donors (Lipinski definition) is 2. The van der Waals surface area contributed by atoms with Gasteiger partial charge in [0.2, 0.25) is 0 Å². The van der Waals surface area contributed by atoms with Crippen LogP contribution in [0.2, 0.25) is 0 Å². The molecule has 0 unspecified atom stereocenters. The van der Waals surface area contributed by atoms with Crippen molar-refractivity contribution in [2.24, 2.45) is 7.05 Å². The molecule has 0 fully saturated rings. The normalized spacial score (nSPS) is 10.5. The molecule has 0 radical (unpaired) electrons. The second kappa shape index (κ2) is 6.79. The first-order valence-corrected chi connectivity index (χ1v) is 6.79. The first-order valence-electron chi connectivity index (χ1n) is 6.79. The quantitative estimate of drug-likeness (QED) is 0.754. The second-order valence-corrected chi connectivity index (χ2v) is 4.61. The van der Waals surface area contributed by atoms with E-state index in [4.69, 9.17) is 10.5 Å². The van der Waals surface area contributed by atoms with Gasteiger partial charge in [-0.2, -0.15) is 5.10 Å². The molecule has 2 aromatic rings. The summed E-state index contributed by atoms with van der Waals surface area (Å²) in [5, 5.41) is 7.56. The molecule has 0 amide bonds. The molecule has 6 nitrogen and oxygen atoms in total. The third kappa shape index (κ3) is 3.88. The predicted molar refractivity (Wildman–Crippen MR) is 79.8 cm³/mol. The number of nitrogens with one attached hydrogen (secondary N) is 1. The minimum absolute atomic E-state index is 0.662. The van der Waals surface area contributed by atoms with Gasteiger partial charge in [-0.15, -0.1) is 0 Å². The minimum Gasteiger partial charge on any atom is -0.491 e. The zero-order valence-corrected chi connectivity index (χ0v) is 12.0. The Morgan fingerprint density at radius 3 is 2.95 bits per heavy atom. The number of anilines is 2. The number of ether oxygens (including phenoxy) is 1. The summed E-state index contributed by atoms with van der Waals surface area (Å²) in [6.45, 7) is 3.50. The van der Waals surface area contributed by atoms with Gasteiger partial charge in [-0.1, -0.05) is 6.92 Å². The van der Waals surface area contributed by atoms with Crippen molar-refractivity contribution in [3.05, 3.63) is 30.4 Å². The third-order valence-corrected chi connectivity index (χ3v) is 2.80. The molecule has 0 saturated heterocycles. The van der Waals surface area contributed by atoms with Crippen LogP contribution in [0, 0.1) is 0 Å². The Bertz CT molecular complexity index is 552. The van der Waals surface area contributed by atoms with Crippen molar-refractivity contribution >= 4 is 11.4 Å². The zero-order chi connectivity index (χ0) is 14.4. The fourth-order valence-electron chi connectivity index (χ4n) is 1.80. The summed E-state index contributed by atoms with van der Waals surface area (Å²) in [5.74, 6) is 1.56. The van der Waals surface area contributed by atoms with E-state index in [1.807, 2.05) is 25.2 Å². The molecule has 6 heteroatoms. The molecule has 3 N–H and O–H groups in total. The van der Waals surface area contributed by atoms with Crippen molar-refractivity contribution in [2.45, 2.75) is 19.8 Å². The lowest BCUT2D eigenvalue weighted by Gasteiger charge is -2.11. The topological polar surface area (TPSA) is 78.0 Å². The Kier molecular flexibility index (Phi) is 4.81. The number of benzene rings is 1. The Labute approximate surface area is 119 Å². The van der Waals surface area contributed by atoms with Crippen molar-refractivity contribution in [2.75, 3.05) is 24.2 Å². The molecule has 0 aliphatic heterocycles. The lowest BCUT2D eigenvalue weighted by molar-refractivity contribution is 0.319. The first-order chi connectivity index (χ1) is 9.69. The molecule has 1 aromatic heterocycles. The van der Waals surface area contributed by atoms with Gasteiger partial charge in [0.25, 0.3) is 0 Å². The van der Waals surface area contributed by atoms with Gasteiger partial charge in [0.05, 0.1) is 12.3 Å². The Morgan fingerprint density at radius 1 is 1.40 bits per heavy atom. The lowest BCUT2D eigenvalue weighted by Crippen LogP contribution is -2.07. The van der Waals surface area contributed by atoms with E-state index in [1.165, 1.54) is 0 Å². The van der Waals surface area contributed by atoms with Gasteiger partial charge in [0.1, 0.15) is 12.1 Å². The van der Waals surface area contributed by atoms with E-state index < -0.39 is 0 Å². The number of rotatable bonds is 7. The summed E-state index contributed by atoms with van der Waals surface area (Å²) in [7, 11) is 1.86. The molecule has 0 spiro atoms. The summed E-state index contributed by atoms with van der Waals surface area (Å²) in [6, 6.07) is 5.73. The van der Waals surface area contributed by atoms with Gasteiger partial charge < -0.3 is 15.8 Å². The molecule has 0 bridgehead atoms. The van der Waals surface area contributed by atoms with Gasteiger partial charge in [-0.05, 0) is 18.6 Å². The van der Waals surface area contributed by atoms with E-state index in [2.05, 4.69) is 22.3 Å². The van der Waals surface area contributed by atoms with E-state index in [0.29, 0.717) is 12.3 Å². The van der Waals surface area contributed by atoms with Crippen LogP contribution >= 0.6 is 0 Å². The summed E-state index contributed by atoms with van der Waals surface area (Å²) >= 11 is 0. The van der Waals surface area contributed by atoms with Gasteiger partial charge in [0, 0.05) is 31.8 Å². The van der Waals surface area contributed by atoms with Crippen LogP contribution < -0.4 is 15.8 Å². The van der Waals surface area contributed by atoms with Crippen molar-refractivity contribution in [3.8, 4) is 5.75 Å². The van der Waals surface area contributed by atoms with E-state index in [-0.39, 0.29) is 0 Å². The molecule has 20 heavy (non-hydrogen) atoms. The average Bonchev–Trinajstić information content (AvgIpc) is 2.85. The van der Waals surface area contributed by atoms with Crippen LogP contribution in [0.15, 0.2) is 24.5 Å². The SMILES string of the molecule is CCCOc1cc(NCCc2ncn(C)n2)ccc1N. The van der Waals surface area contributed by atoms with E-state index in [0.717, 1.165) is 36.6 Å². The minimum atomic E-state index is 0.662. The van der Waals surface area contributed by atoms with E-state index in [1.54, 1.807) is 11.0 Å². The molecule has 2 rings (SSSR count). The molecule has 108 valence electrons. The predicted octanol–water partition coefficient (Wildman–Crippen LogP) is 1.84. The van der Waals surface area contributed by atoms with Gasteiger partial charge in [-0.3, -0.25) is 4.68 Å². The Morgan fingerprint density at radius 2 is 2.25 bits per heavy atom. The Balaban J connectivity index is 1.89. The summed E-state index contributed by atoms with van der Waals surface area (Å²) in [6.07, 6.45) is 3.44. The summed E-state index contributed by atoms with van der Waals surface area (Å²) in [5.41, 5.74) is 7.53. The number of nitrogens with two attached hydrogens (primary N) is 1. The number of aryl methyl sites for hydroxylation is 1. The number of nitrogens with zero attached hydrogens (tertiary/aromatic N) is 3. The van der Waals surface area contributed by atoms with Crippen molar-refractivity contribution < 1.29 is 4.74 Å². The lowest BCUT2D eigenvalue weighted by atomic mass is 10.2. The molecule has 0 saturated carbocycles. The first kappa shape index (κ1) is 14.2. The number of aromatic nitrogens is 3. The second-order valence-electron chi connectivity index (χ2n) is 4.61. The standard InChI is InChI=1S/C14H21N5O/c1-3-8-20-13-9-11(4-5-12(13)15)16-7-6-14-17-10-19(2)18-14/h4-5,9-10,16H,3,6-8,15H2,1-2H3. The van der Waals surface area contributed by atoms with Crippen LogP contribution in [0.4, 0.5) is 11.4 Å². The fraction of sp³-hybridized carbons (Fsp3) is 0.429. The molecule has 0 atom stereocenters. The molecule has 0 aliphatic carbocycles. The highest BCUT2D eigenvalue weighted by Gasteiger charge is 2.03. The molecule has 0 aliphatic rings. The molecule has 1 aromatic carbocycles. The smallest absolute Gasteiger partial charge is 0.152 e. The third-order valence-electron chi connectivity index (χ3n) is 2.80. The fourth-order valence-corrected chi connectivity index (χ4v) is 1.80. The monoisotopic (exact) mass is 275 g/mol. The maximum absolute atomic E-state index is 5.88. The van der Waals surface area contributed by atoms with E-state index in [9.17, 15) is 0 Å². The highest BCUT2D eigenvalue weighted by atomic mass is 16.5. The van der Waals surface area contributed by atoms with Gasteiger partial charge >= 0.3 is 0 Å². The number of nitrogen functional groups attached to an aromatic ring is 1. The number of hydrogen-bond acceptors (Lipinski definition) is 5. The van der Waals surface area contributed by atoms with Crippen molar-refractivity contribution in [3.63, 3.8) is 0 Å². The molecular weight excluding hydrogens is 254 g/mol. The Hall–Kier alpha value is -2.24. The highest BCUT2D eigenvalue weighted by Crippen LogP contribution is 2.25. The summed E-state index contributed by atoms with van der Waals surface area (Å²) < 4.78 is 7.31. The van der Waals surface area contributed by atoms with Crippen LogP contribution in [-0.2, 0) is 13.5 Å². The van der Waals surface area contributed by atoms with Crippen LogP contribution in [0.3, 0.4) is 0 Å². The molecule has 1 heterocycles. The highest BCUT2D eigenvalue weighted by molar-refractivity contribution is 5.61. The van der Waals surface area contributed by atoms with Crippen LogP contribution in [0.1, 0.15) is 19.2 Å². The zero-order valence-electron chi connectivity index (χ0n) is 12.0. The van der Waals surface area contributed by atoms with Crippen LogP contribution in [0.25, 0.3) is 0 Å². The van der Waals surface area contributed by atoms with Crippen LogP contribution in [-0.4, -0.2) is 27.9 Å². The largest absolute Gasteiger partial charge is 0.491 e. The molecular formula is C14H21N5O. The summed E-state index contributed by atoms with van der Waals surface area (Å²) in [4.78, 5) is 4.19. The van der Waals surface area contributed by atoms with Gasteiger partial charge in [0.15, 0.2) is 5.82 Å². The van der Waals surface area contributed by atoms with Crippen LogP contribution in [0.5, 0.6) is 5.75 Å². The van der Waals surface area contributed by atoms with E-state index >= 15 is 0 Å². The maximum Gasteiger partial charge on any atom is 0.152 e. The van der Waals surface area contributed by atoms with Crippen molar-refractivity contribution in [1.29, 1.82) is 0 Å². The maximum atomic E-state index is 5.88. The van der Waals surface area contributed by atoms with Gasteiger partial charge in [-0.25, -0.2) is 4.98 Å². The average molecular weight is 275 g/mol.